The van der Waals surface area contributed by atoms with Crippen molar-refractivity contribution in [2.45, 2.75) is 51.8 Å². The fourth-order valence-corrected chi connectivity index (χ4v) is 4.79. The van der Waals surface area contributed by atoms with Crippen LogP contribution in [0.3, 0.4) is 0 Å². The zero-order valence-electron chi connectivity index (χ0n) is 18.8. The predicted molar refractivity (Wildman–Crippen MR) is 124 cm³/mol. The number of aryl methyl sites for hydroxylation is 2. The first-order valence-electron chi connectivity index (χ1n) is 10.8. The molecule has 1 heterocycles. The van der Waals surface area contributed by atoms with Crippen molar-refractivity contribution in [3.8, 4) is 16.3 Å². The molecule has 2 N–H and O–H groups in total. The molecule has 8 heteroatoms. The van der Waals surface area contributed by atoms with Gasteiger partial charge < -0.3 is 14.9 Å². The van der Waals surface area contributed by atoms with Crippen LogP contribution in [0.2, 0.25) is 0 Å². The van der Waals surface area contributed by atoms with Crippen molar-refractivity contribution in [3.63, 3.8) is 0 Å². The van der Waals surface area contributed by atoms with Crippen molar-refractivity contribution in [3.05, 3.63) is 69.7 Å². The Balaban J connectivity index is 1.74. The molecule has 1 aromatic heterocycles. The lowest BCUT2D eigenvalue weighted by atomic mass is 10.00. The van der Waals surface area contributed by atoms with E-state index >= 15 is 0 Å². The van der Waals surface area contributed by atoms with E-state index in [-0.39, 0.29) is 19.1 Å². The average Bonchev–Trinajstić information content (AvgIpc) is 3.21. The van der Waals surface area contributed by atoms with Crippen LogP contribution < -0.4 is 4.74 Å². The van der Waals surface area contributed by atoms with E-state index in [9.17, 15) is 18.3 Å². The van der Waals surface area contributed by atoms with Gasteiger partial charge in [-0.3, -0.25) is 0 Å². The standard InChI is InChI=1S/C25H28F3NO3S/c1-15(2)23-22(33-24(29-23)17-4-7-19(8-5-17)25(26,27)28)11-9-20(31)18-6-10-21(16(3)14-18)32-13-12-30/h4-8,10,14-15,20,30-31H,9,11-13H2,1-3H3. The third kappa shape index (κ3) is 6.34. The van der Waals surface area contributed by atoms with Crippen LogP contribution in [0, 0.1) is 6.92 Å². The van der Waals surface area contributed by atoms with Gasteiger partial charge in [-0.25, -0.2) is 4.98 Å². The zero-order valence-corrected chi connectivity index (χ0v) is 19.6. The molecule has 178 valence electrons. The Hall–Kier alpha value is -2.42. The molecule has 0 aliphatic heterocycles. The molecule has 0 aliphatic rings. The van der Waals surface area contributed by atoms with Crippen molar-refractivity contribution >= 4 is 11.3 Å². The quantitative estimate of drug-likeness (QED) is 0.378. The molecule has 0 bridgehead atoms. The molecular formula is C25H28F3NO3S. The van der Waals surface area contributed by atoms with Gasteiger partial charge in [0.25, 0.3) is 0 Å². The minimum absolute atomic E-state index is 0.0642. The topological polar surface area (TPSA) is 62.6 Å². The number of halogens is 3. The SMILES string of the molecule is Cc1cc(C(O)CCc2sc(-c3ccc(C(F)(F)F)cc3)nc2C(C)C)ccc1OCCO. The van der Waals surface area contributed by atoms with Crippen molar-refractivity contribution in [2.75, 3.05) is 13.2 Å². The summed E-state index contributed by atoms with van der Waals surface area (Å²) in [7, 11) is 0. The molecule has 0 amide bonds. The Labute approximate surface area is 195 Å². The van der Waals surface area contributed by atoms with E-state index in [0.29, 0.717) is 29.2 Å². The summed E-state index contributed by atoms with van der Waals surface area (Å²) in [5, 5.41) is 20.3. The second-order valence-corrected chi connectivity index (χ2v) is 9.29. The Kier molecular flexibility index (Phi) is 8.15. The van der Waals surface area contributed by atoms with E-state index in [1.54, 1.807) is 6.07 Å². The number of hydrogen-bond acceptors (Lipinski definition) is 5. The van der Waals surface area contributed by atoms with Gasteiger partial charge in [0.05, 0.1) is 24.0 Å². The molecule has 3 aromatic rings. The number of alkyl halides is 3. The molecule has 0 aliphatic carbocycles. The second-order valence-electron chi connectivity index (χ2n) is 8.21. The maximum absolute atomic E-state index is 12.9. The van der Waals surface area contributed by atoms with Crippen molar-refractivity contribution < 1.29 is 28.1 Å². The molecular weight excluding hydrogens is 451 g/mol. The van der Waals surface area contributed by atoms with E-state index < -0.39 is 17.8 Å². The summed E-state index contributed by atoms with van der Waals surface area (Å²) in [6.07, 6.45) is -3.94. The molecule has 1 unspecified atom stereocenters. The Morgan fingerprint density at radius 3 is 2.36 bits per heavy atom. The van der Waals surface area contributed by atoms with Crippen molar-refractivity contribution in [1.29, 1.82) is 0 Å². The maximum atomic E-state index is 12.9. The van der Waals surface area contributed by atoms with Crippen LogP contribution in [0.4, 0.5) is 13.2 Å². The monoisotopic (exact) mass is 479 g/mol. The van der Waals surface area contributed by atoms with Crippen LogP contribution >= 0.6 is 11.3 Å². The minimum Gasteiger partial charge on any atom is -0.491 e. The van der Waals surface area contributed by atoms with Gasteiger partial charge in [0, 0.05) is 10.4 Å². The van der Waals surface area contributed by atoms with Crippen LogP contribution in [0.25, 0.3) is 10.6 Å². The van der Waals surface area contributed by atoms with Crippen molar-refractivity contribution in [1.82, 2.24) is 4.98 Å². The maximum Gasteiger partial charge on any atom is 0.416 e. The van der Waals surface area contributed by atoms with Gasteiger partial charge in [-0.15, -0.1) is 11.3 Å². The number of hydrogen-bond donors (Lipinski definition) is 2. The van der Waals surface area contributed by atoms with E-state index in [1.165, 1.54) is 23.5 Å². The number of aliphatic hydroxyl groups excluding tert-OH is 2. The predicted octanol–water partition coefficient (Wildman–Crippen LogP) is 6.30. The van der Waals surface area contributed by atoms with E-state index in [4.69, 9.17) is 14.8 Å². The smallest absolute Gasteiger partial charge is 0.416 e. The summed E-state index contributed by atoms with van der Waals surface area (Å²) in [5.41, 5.74) is 2.54. The number of nitrogens with zero attached hydrogens (tertiary/aromatic N) is 1. The van der Waals surface area contributed by atoms with Gasteiger partial charge in [-0.05, 0) is 61.1 Å². The highest BCUT2D eigenvalue weighted by molar-refractivity contribution is 7.15. The number of aliphatic hydroxyl groups is 2. The molecule has 2 aromatic carbocycles. The summed E-state index contributed by atoms with van der Waals surface area (Å²) < 4.78 is 44.0. The minimum atomic E-state index is -4.37. The Morgan fingerprint density at radius 2 is 1.79 bits per heavy atom. The third-order valence-electron chi connectivity index (χ3n) is 5.31. The molecule has 0 fully saturated rings. The highest BCUT2D eigenvalue weighted by atomic mass is 32.1. The number of thiazole rings is 1. The van der Waals surface area contributed by atoms with E-state index in [1.807, 2.05) is 32.9 Å². The summed E-state index contributed by atoms with van der Waals surface area (Å²) in [6, 6.07) is 10.5. The number of rotatable bonds is 9. The highest BCUT2D eigenvalue weighted by Crippen LogP contribution is 2.36. The first-order valence-corrected chi connectivity index (χ1v) is 11.6. The number of ether oxygens (including phenoxy) is 1. The van der Waals surface area contributed by atoms with Crippen LogP contribution in [0.5, 0.6) is 5.75 Å². The summed E-state index contributed by atoms with van der Waals surface area (Å²) in [5.74, 6) is 0.826. The van der Waals surface area contributed by atoms with Crippen LogP contribution in [-0.2, 0) is 12.6 Å². The summed E-state index contributed by atoms with van der Waals surface area (Å²) in [6.45, 7) is 6.10. The average molecular weight is 480 g/mol. The fraction of sp³-hybridized carbons (Fsp3) is 0.400. The Bertz CT molecular complexity index is 1060. The number of aromatic nitrogens is 1. The summed E-state index contributed by atoms with van der Waals surface area (Å²) in [4.78, 5) is 5.72. The van der Waals surface area contributed by atoms with Crippen LogP contribution in [0.15, 0.2) is 42.5 Å². The molecule has 3 rings (SSSR count). The molecule has 0 radical (unpaired) electrons. The first-order chi connectivity index (χ1) is 15.6. The molecule has 0 saturated heterocycles. The highest BCUT2D eigenvalue weighted by Gasteiger charge is 2.30. The largest absolute Gasteiger partial charge is 0.491 e. The van der Waals surface area contributed by atoms with Crippen LogP contribution in [0.1, 0.15) is 59.6 Å². The normalized spacial score (nSPS) is 12.9. The third-order valence-corrected chi connectivity index (χ3v) is 6.49. The van der Waals surface area contributed by atoms with Crippen molar-refractivity contribution in [2.24, 2.45) is 0 Å². The molecule has 0 spiro atoms. The Morgan fingerprint density at radius 1 is 1.09 bits per heavy atom. The van der Waals surface area contributed by atoms with Gasteiger partial charge in [0.15, 0.2) is 0 Å². The molecule has 1 atom stereocenters. The van der Waals surface area contributed by atoms with E-state index in [0.717, 1.165) is 33.8 Å². The second kappa shape index (κ2) is 10.7. The van der Waals surface area contributed by atoms with Crippen LogP contribution in [-0.4, -0.2) is 28.4 Å². The van der Waals surface area contributed by atoms with Gasteiger partial charge >= 0.3 is 6.18 Å². The molecule has 0 saturated carbocycles. The zero-order chi connectivity index (χ0) is 24.2. The molecule has 4 nitrogen and oxygen atoms in total. The van der Waals surface area contributed by atoms with Gasteiger partial charge in [0.2, 0.25) is 0 Å². The first kappa shape index (κ1) is 25.2. The molecule has 33 heavy (non-hydrogen) atoms. The van der Waals surface area contributed by atoms with Gasteiger partial charge in [0.1, 0.15) is 17.4 Å². The lowest BCUT2D eigenvalue weighted by Gasteiger charge is -2.14. The fourth-order valence-electron chi connectivity index (χ4n) is 3.55. The van der Waals surface area contributed by atoms with Gasteiger partial charge in [-0.2, -0.15) is 13.2 Å². The van der Waals surface area contributed by atoms with E-state index in [2.05, 4.69) is 0 Å². The lowest BCUT2D eigenvalue weighted by molar-refractivity contribution is -0.137. The number of benzene rings is 2. The van der Waals surface area contributed by atoms with Gasteiger partial charge in [-0.1, -0.05) is 32.0 Å². The lowest BCUT2D eigenvalue weighted by Crippen LogP contribution is -2.05. The summed E-state index contributed by atoms with van der Waals surface area (Å²) >= 11 is 1.46.